The van der Waals surface area contributed by atoms with Crippen molar-refractivity contribution in [3.63, 3.8) is 0 Å². The highest BCUT2D eigenvalue weighted by Gasteiger charge is 2.24. The number of ether oxygens (including phenoxy) is 1. The number of nitrogens with zero attached hydrogens (tertiary/aromatic N) is 1. The van der Waals surface area contributed by atoms with E-state index < -0.39 is 11.9 Å². The van der Waals surface area contributed by atoms with Crippen LogP contribution in [-0.4, -0.2) is 27.2 Å². The Morgan fingerprint density at radius 2 is 1.48 bits per heavy atom. The molecule has 0 spiro atoms. The van der Waals surface area contributed by atoms with Gasteiger partial charge >= 0.3 is 11.9 Å². The fraction of sp³-hybridized carbons (Fsp3) is 0.593. The van der Waals surface area contributed by atoms with Gasteiger partial charge in [-0.1, -0.05) is 84.1 Å². The molecule has 6 heteroatoms. The van der Waals surface area contributed by atoms with Gasteiger partial charge in [0.25, 0.3) is 0 Å². The number of carbonyl (C=O) groups is 2. The summed E-state index contributed by atoms with van der Waals surface area (Å²) in [5.41, 5.74) is 1.96. The van der Waals surface area contributed by atoms with Crippen molar-refractivity contribution in [1.29, 1.82) is 0 Å². The first-order chi connectivity index (χ1) is 16.1. The number of hydrogen-bond donors (Lipinski definition) is 2. The summed E-state index contributed by atoms with van der Waals surface area (Å²) in [4.78, 5) is 25.1. The first kappa shape index (κ1) is 26.6. The van der Waals surface area contributed by atoms with Crippen LogP contribution in [0.1, 0.15) is 123 Å². The molecule has 0 bridgehead atoms. The van der Waals surface area contributed by atoms with Crippen molar-refractivity contribution in [3.05, 3.63) is 46.6 Å². The van der Waals surface area contributed by atoms with Crippen LogP contribution in [0.4, 0.5) is 0 Å². The third kappa shape index (κ3) is 9.40. The predicted molar refractivity (Wildman–Crippen MR) is 131 cm³/mol. The number of aromatic amines is 1. The van der Waals surface area contributed by atoms with Crippen LogP contribution in [0.5, 0.6) is 5.88 Å². The molecule has 2 rings (SSSR count). The van der Waals surface area contributed by atoms with E-state index in [1.807, 2.05) is 6.07 Å². The number of H-pyrrole nitrogens is 1. The van der Waals surface area contributed by atoms with Gasteiger partial charge in [0.2, 0.25) is 5.88 Å². The summed E-state index contributed by atoms with van der Waals surface area (Å²) in [5.74, 6) is -1.54. The van der Waals surface area contributed by atoms with E-state index in [0.717, 1.165) is 49.7 Å². The molecule has 0 radical (unpaired) electrons. The van der Waals surface area contributed by atoms with Crippen molar-refractivity contribution >= 4 is 11.9 Å². The van der Waals surface area contributed by atoms with Crippen LogP contribution in [0.15, 0.2) is 24.4 Å². The minimum atomic E-state index is -1.10. The standard InChI is InChI=1S/C27H40N2O4/c1-3-5-7-9-11-13-15-21-19-22(16-14-12-10-8-6-4-2)25(23(20-21)26(30)31)27(32)33-24-17-18-28-29-24/h17-20H,3-16H2,1-2H3,(H,28,29)(H,30,31). The molecule has 0 saturated heterocycles. The molecule has 6 nitrogen and oxygen atoms in total. The van der Waals surface area contributed by atoms with Crippen LogP contribution >= 0.6 is 0 Å². The van der Waals surface area contributed by atoms with Crippen LogP contribution in [0, 0.1) is 0 Å². The monoisotopic (exact) mass is 456 g/mol. The second-order valence-corrected chi connectivity index (χ2v) is 8.83. The highest BCUT2D eigenvalue weighted by Crippen LogP contribution is 2.24. The number of rotatable bonds is 17. The molecule has 0 aliphatic carbocycles. The molecule has 0 atom stereocenters. The fourth-order valence-corrected chi connectivity index (χ4v) is 4.18. The zero-order chi connectivity index (χ0) is 23.9. The van der Waals surface area contributed by atoms with Crippen LogP contribution in [0.2, 0.25) is 0 Å². The van der Waals surface area contributed by atoms with Crippen molar-refractivity contribution in [2.24, 2.45) is 0 Å². The maximum absolute atomic E-state index is 13.0. The van der Waals surface area contributed by atoms with Gasteiger partial charge in [0.15, 0.2) is 0 Å². The zero-order valence-electron chi connectivity index (χ0n) is 20.3. The molecule has 1 heterocycles. The summed E-state index contributed by atoms with van der Waals surface area (Å²) in [6, 6.07) is 5.22. The molecule has 1 aromatic heterocycles. The van der Waals surface area contributed by atoms with Gasteiger partial charge in [-0.2, -0.15) is 5.10 Å². The average molecular weight is 457 g/mol. The summed E-state index contributed by atoms with van der Waals surface area (Å²) in [6.07, 6.45) is 16.9. The van der Waals surface area contributed by atoms with Gasteiger partial charge in [-0.15, -0.1) is 0 Å². The van der Waals surface area contributed by atoms with Crippen LogP contribution in [0.3, 0.4) is 0 Å². The minimum absolute atomic E-state index is 0.0315. The van der Waals surface area contributed by atoms with E-state index in [0.29, 0.717) is 6.42 Å². The number of hydrogen-bond acceptors (Lipinski definition) is 4. The Labute approximate surface area is 198 Å². The fourth-order valence-electron chi connectivity index (χ4n) is 4.18. The first-order valence-electron chi connectivity index (χ1n) is 12.7. The van der Waals surface area contributed by atoms with Gasteiger partial charge < -0.3 is 9.84 Å². The zero-order valence-corrected chi connectivity index (χ0v) is 20.3. The molecule has 2 N–H and O–H groups in total. The number of unbranched alkanes of at least 4 members (excludes halogenated alkanes) is 10. The summed E-state index contributed by atoms with van der Waals surface area (Å²) in [7, 11) is 0. The Bertz CT molecular complexity index is 846. The summed E-state index contributed by atoms with van der Waals surface area (Å²) in [6.45, 7) is 4.40. The number of aromatic carboxylic acids is 1. The molecule has 0 aliphatic rings. The van der Waals surface area contributed by atoms with Crippen molar-refractivity contribution in [3.8, 4) is 5.88 Å². The van der Waals surface area contributed by atoms with Crippen molar-refractivity contribution in [2.45, 2.75) is 104 Å². The SMILES string of the molecule is CCCCCCCCc1cc(CCCCCCCC)c(C(=O)Oc2ccn[nH]2)c(C(=O)O)c1. The van der Waals surface area contributed by atoms with E-state index in [1.54, 1.807) is 12.1 Å². The number of carbonyl (C=O) groups excluding carboxylic acids is 1. The lowest BCUT2D eigenvalue weighted by Crippen LogP contribution is -2.18. The lowest BCUT2D eigenvalue weighted by molar-refractivity contribution is 0.0664. The van der Waals surface area contributed by atoms with E-state index in [1.165, 1.54) is 51.1 Å². The van der Waals surface area contributed by atoms with Crippen LogP contribution in [-0.2, 0) is 12.8 Å². The molecule has 2 aromatic rings. The second kappa shape index (κ2) is 15.3. The Kier molecular flexibility index (Phi) is 12.3. The number of carboxylic acid groups (broad SMARTS) is 1. The molecule has 0 fully saturated rings. The number of carboxylic acids is 1. The second-order valence-electron chi connectivity index (χ2n) is 8.83. The Balaban J connectivity index is 2.18. The number of aromatic nitrogens is 2. The van der Waals surface area contributed by atoms with E-state index in [2.05, 4.69) is 24.0 Å². The summed E-state index contributed by atoms with van der Waals surface area (Å²) < 4.78 is 5.39. The van der Waals surface area contributed by atoms with Gasteiger partial charge in [-0.3, -0.25) is 0 Å². The van der Waals surface area contributed by atoms with Crippen molar-refractivity contribution < 1.29 is 19.4 Å². The van der Waals surface area contributed by atoms with Gasteiger partial charge in [0.1, 0.15) is 0 Å². The molecular formula is C27H40N2O4. The molecule has 0 unspecified atom stereocenters. The Morgan fingerprint density at radius 3 is 2.06 bits per heavy atom. The molecule has 0 amide bonds. The largest absolute Gasteiger partial charge is 0.478 e. The van der Waals surface area contributed by atoms with Crippen LogP contribution in [0.25, 0.3) is 0 Å². The van der Waals surface area contributed by atoms with Crippen LogP contribution < -0.4 is 4.74 Å². The summed E-state index contributed by atoms with van der Waals surface area (Å²) >= 11 is 0. The molecule has 182 valence electrons. The Hall–Kier alpha value is -2.63. The molecule has 0 aliphatic heterocycles. The quantitative estimate of drug-likeness (QED) is 0.195. The number of nitrogens with one attached hydrogen (secondary N) is 1. The molecular weight excluding hydrogens is 416 g/mol. The van der Waals surface area contributed by atoms with E-state index in [9.17, 15) is 14.7 Å². The first-order valence-corrected chi connectivity index (χ1v) is 12.7. The maximum Gasteiger partial charge on any atom is 0.346 e. The molecule has 0 saturated carbocycles. The Morgan fingerprint density at radius 1 is 0.879 bits per heavy atom. The number of benzene rings is 1. The van der Waals surface area contributed by atoms with Gasteiger partial charge in [-0.05, 0) is 42.9 Å². The predicted octanol–water partition coefficient (Wildman–Crippen LogP) is 7.13. The smallest absolute Gasteiger partial charge is 0.346 e. The van der Waals surface area contributed by atoms with E-state index in [-0.39, 0.29) is 17.0 Å². The van der Waals surface area contributed by atoms with Gasteiger partial charge in [-0.25, -0.2) is 14.7 Å². The highest BCUT2D eigenvalue weighted by molar-refractivity contribution is 6.04. The van der Waals surface area contributed by atoms with Gasteiger partial charge in [0.05, 0.1) is 17.3 Å². The lowest BCUT2D eigenvalue weighted by Gasteiger charge is -2.15. The molecule has 33 heavy (non-hydrogen) atoms. The third-order valence-corrected chi connectivity index (χ3v) is 6.01. The van der Waals surface area contributed by atoms with Crippen molar-refractivity contribution in [2.75, 3.05) is 0 Å². The topological polar surface area (TPSA) is 92.3 Å². The van der Waals surface area contributed by atoms with Gasteiger partial charge in [0, 0.05) is 6.07 Å². The third-order valence-electron chi connectivity index (χ3n) is 6.01. The van der Waals surface area contributed by atoms with E-state index in [4.69, 9.17) is 4.74 Å². The number of aryl methyl sites for hydroxylation is 2. The minimum Gasteiger partial charge on any atom is -0.478 e. The van der Waals surface area contributed by atoms with E-state index >= 15 is 0 Å². The maximum atomic E-state index is 13.0. The highest BCUT2D eigenvalue weighted by atomic mass is 16.5. The average Bonchev–Trinajstić information content (AvgIpc) is 3.31. The normalized spacial score (nSPS) is 11.0. The molecule has 1 aromatic carbocycles. The van der Waals surface area contributed by atoms with Crippen molar-refractivity contribution in [1.82, 2.24) is 10.2 Å². The lowest BCUT2D eigenvalue weighted by atomic mass is 9.92. The number of esters is 1. The summed E-state index contributed by atoms with van der Waals surface area (Å²) in [5, 5.41) is 16.3.